The average molecular weight is 220 g/mol. The van der Waals surface area contributed by atoms with E-state index in [1.54, 1.807) is 6.08 Å². The molecule has 0 saturated carbocycles. The molecule has 1 unspecified atom stereocenters. The Morgan fingerprint density at radius 1 is 1.56 bits per heavy atom. The molecule has 0 amide bonds. The minimum Gasteiger partial charge on any atom is -0.491 e. The molecule has 1 aromatic carbocycles. The van der Waals surface area contributed by atoms with Crippen molar-refractivity contribution >= 4 is 12.0 Å². The van der Waals surface area contributed by atoms with Crippen molar-refractivity contribution in [3.8, 4) is 5.75 Å². The number of benzene rings is 1. The van der Waals surface area contributed by atoms with E-state index in [4.69, 9.17) is 9.84 Å². The van der Waals surface area contributed by atoms with Crippen LogP contribution in [0.1, 0.15) is 25.8 Å². The van der Waals surface area contributed by atoms with Gasteiger partial charge in [-0.1, -0.05) is 19.1 Å². The van der Waals surface area contributed by atoms with Gasteiger partial charge in [0.1, 0.15) is 5.75 Å². The number of hydrogen-bond acceptors (Lipinski definition) is 2. The molecule has 0 aliphatic rings. The van der Waals surface area contributed by atoms with Crippen molar-refractivity contribution in [3.05, 3.63) is 35.9 Å². The second-order valence-electron chi connectivity index (χ2n) is 3.58. The van der Waals surface area contributed by atoms with Crippen molar-refractivity contribution in [1.82, 2.24) is 0 Å². The van der Waals surface area contributed by atoms with Gasteiger partial charge >= 0.3 is 5.97 Å². The molecular weight excluding hydrogens is 204 g/mol. The summed E-state index contributed by atoms with van der Waals surface area (Å²) in [4.78, 5) is 10.4. The predicted molar refractivity (Wildman–Crippen MR) is 63.5 cm³/mol. The highest BCUT2D eigenvalue weighted by Gasteiger charge is 2.00. The van der Waals surface area contributed by atoms with Crippen LogP contribution < -0.4 is 4.74 Å². The third kappa shape index (κ3) is 4.17. The van der Waals surface area contributed by atoms with Crippen LogP contribution in [0.15, 0.2) is 30.3 Å². The topological polar surface area (TPSA) is 46.5 Å². The Morgan fingerprint density at radius 2 is 2.31 bits per heavy atom. The number of aliphatic carboxylic acids is 1. The van der Waals surface area contributed by atoms with E-state index >= 15 is 0 Å². The van der Waals surface area contributed by atoms with Crippen molar-refractivity contribution in [1.29, 1.82) is 0 Å². The Labute approximate surface area is 95.4 Å². The second-order valence-corrected chi connectivity index (χ2v) is 3.58. The molecule has 0 aromatic heterocycles. The fourth-order valence-corrected chi connectivity index (χ4v) is 1.17. The van der Waals surface area contributed by atoms with E-state index in [1.165, 1.54) is 0 Å². The number of hydrogen-bond donors (Lipinski definition) is 1. The van der Waals surface area contributed by atoms with E-state index in [9.17, 15) is 4.79 Å². The quantitative estimate of drug-likeness (QED) is 0.776. The van der Waals surface area contributed by atoms with E-state index in [0.29, 0.717) is 0 Å². The van der Waals surface area contributed by atoms with Gasteiger partial charge in [0.2, 0.25) is 0 Å². The highest BCUT2D eigenvalue weighted by Crippen LogP contribution is 2.16. The molecule has 0 aliphatic heterocycles. The molecule has 0 radical (unpaired) electrons. The first-order valence-corrected chi connectivity index (χ1v) is 5.29. The zero-order valence-electron chi connectivity index (χ0n) is 9.51. The van der Waals surface area contributed by atoms with Gasteiger partial charge in [-0.25, -0.2) is 4.79 Å². The molecule has 3 nitrogen and oxygen atoms in total. The summed E-state index contributed by atoms with van der Waals surface area (Å²) in [5, 5.41) is 8.51. The highest BCUT2D eigenvalue weighted by atomic mass is 16.5. The Hall–Kier alpha value is -1.77. The van der Waals surface area contributed by atoms with Gasteiger partial charge < -0.3 is 9.84 Å². The maximum atomic E-state index is 10.4. The fraction of sp³-hybridized carbons (Fsp3) is 0.308. The van der Waals surface area contributed by atoms with E-state index in [0.717, 1.165) is 23.8 Å². The Morgan fingerprint density at radius 3 is 2.94 bits per heavy atom. The molecule has 0 saturated heterocycles. The summed E-state index contributed by atoms with van der Waals surface area (Å²) in [6, 6.07) is 7.37. The summed E-state index contributed by atoms with van der Waals surface area (Å²) in [6.07, 6.45) is 3.77. The van der Waals surface area contributed by atoms with Crippen LogP contribution in [-0.4, -0.2) is 17.2 Å². The van der Waals surface area contributed by atoms with Crippen molar-refractivity contribution < 1.29 is 14.6 Å². The monoisotopic (exact) mass is 220 g/mol. The van der Waals surface area contributed by atoms with Gasteiger partial charge in [0.05, 0.1) is 6.10 Å². The van der Waals surface area contributed by atoms with Gasteiger partial charge in [0.15, 0.2) is 0 Å². The standard InChI is InChI=1S/C13H16O3/c1-3-10(2)16-12-6-4-5-11(9-12)7-8-13(14)15/h4-10H,3H2,1-2H3,(H,14,15). The normalized spacial score (nSPS) is 12.6. The summed E-state index contributed by atoms with van der Waals surface area (Å²) >= 11 is 0. The highest BCUT2D eigenvalue weighted by molar-refractivity contribution is 5.85. The number of carboxylic acids is 1. The van der Waals surface area contributed by atoms with Crippen LogP contribution >= 0.6 is 0 Å². The molecule has 1 aromatic rings. The van der Waals surface area contributed by atoms with Crippen LogP contribution in [0.2, 0.25) is 0 Å². The number of ether oxygens (including phenoxy) is 1. The molecule has 16 heavy (non-hydrogen) atoms. The summed E-state index contributed by atoms with van der Waals surface area (Å²) in [5.41, 5.74) is 0.822. The maximum Gasteiger partial charge on any atom is 0.328 e. The van der Waals surface area contributed by atoms with Gasteiger partial charge in [-0.05, 0) is 37.1 Å². The molecule has 0 heterocycles. The van der Waals surface area contributed by atoms with Crippen LogP contribution in [-0.2, 0) is 4.79 Å². The van der Waals surface area contributed by atoms with Crippen molar-refractivity contribution in [2.75, 3.05) is 0 Å². The summed E-state index contributed by atoms with van der Waals surface area (Å²) in [5.74, 6) is -0.185. The minimum atomic E-state index is -0.951. The van der Waals surface area contributed by atoms with Gasteiger partial charge in [0, 0.05) is 6.08 Å². The molecule has 0 aliphatic carbocycles. The lowest BCUT2D eigenvalue weighted by Gasteiger charge is -2.12. The third-order valence-electron chi connectivity index (χ3n) is 2.19. The number of rotatable bonds is 5. The molecule has 0 fully saturated rings. The molecular formula is C13H16O3. The third-order valence-corrected chi connectivity index (χ3v) is 2.19. The van der Waals surface area contributed by atoms with Crippen LogP contribution in [0.4, 0.5) is 0 Å². The van der Waals surface area contributed by atoms with Gasteiger partial charge in [0.25, 0.3) is 0 Å². The van der Waals surface area contributed by atoms with Gasteiger partial charge in [-0.2, -0.15) is 0 Å². The average Bonchev–Trinajstić information content (AvgIpc) is 2.26. The molecule has 1 N–H and O–H groups in total. The number of carbonyl (C=O) groups is 1. The summed E-state index contributed by atoms with van der Waals surface area (Å²) in [6.45, 7) is 4.05. The smallest absolute Gasteiger partial charge is 0.328 e. The fourth-order valence-electron chi connectivity index (χ4n) is 1.17. The zero-order valence-corrected chi connectivity index (χ0v) is 9.51. The first-order chi connectivity index (χ1) is 7.61. The summed E-state index contributed by atoms with van der Waals surface area (Å²) in [7, 11) is 0. The van der Waals surface area contributed by atoms with Crippen LogP contribution in [0.5, 0.6) is 5.75 Å². The van der Waals surface area contributed by atoms with Crippen molar-refractivity contribution in [2.45, 2.75) is 26.4 Å². The molecule has 1 atom stereocenters. The number of carboxylic acid groups (broad SMARTS) is 1. The van der Waals surface area contributed by atoms with Crippen LogP contribution in [0.3, 0.4) is 0 Å². The van der Waals surface area contributed by atoms with Gasteiger partial charge in [-0.3, -0.25) is 0 Å². The molecule has 3 heteroatoms. The Balaban J connectivity index is 2.74. The van der Waals surface area contributed by atoms with E-state index < -0.39 is 5.97 Å². The Kier molecular flexibility index (Phi) is 4.58. The van der Waals surface area contributed by atoms with Crippen molar-refractivity contribution in [3.63, 3.8) is 0 Å². The summed E-state index contributed by atoms with van der Waals surface area (Å²) < 4.78 is 5.63. The van der Waals surface area contributed by atoms with E-state index in [2.05, 4.69) is 6.92 Å². The lowest BCUT2D eigenvalue weighted by molar-refractivity contribution is -0.131. The van der Waals surface area contributed by atoms with E-state index in [1.807, 2.05) is 31.2 Å². The van der Waals surface area contributed by atoms with Crippen LogP contribution in [0, 0.1) is 0 Å². The first kappa shape index (κ1) is 12.3. The molecule has 0 spiro atoms. The van der Waals surface area contributed by atoms with Crippen LogP contribution in [0.25, 0.3) is 6.08 Å². The first-order valence-electron chi connectivity index (χ1n) is 5.29. The molecule has 1 rings (SSSR count). The SMILES string of the molecule is CCC(C)Oc1cccc(C=CC(=O)O)c1. The lowest BCUT2D eigenvalue weighted by atomic mass is 10.2. The molecule has 0 bridgehead atoms. The predicted octanol–water partition coefficient (Wildman–Crippen LogP) is 2.96. The Bertz CT molecular complexity index is 383. The maximum absolute atomic E-state index is 10.4. The van der Waals surface area contributed by atoms with E-state index in [-0.39, 0.29) is 6.10 Å². The second kappa shape index (κ2) is 5.95. The molecule has 86 valence electrons. The lowest BCUT2D eigenvalue weighted by Crippen LogP contribution is -2.09. The largest absolute Gasteiger partial charge is 0.491 e. The van der Waals surface area contributed by atoms with Gasteiger partial charge in [-0.15, -0.1) is 0 Å². The minimum absolute atomic E-state index is 0.165. The van der Waals surface area contributed by atoms with Crippen molar-refractivity contribution in [2.24, 2.45) is 0 Å². The zero-order chi connectivity index (χ0) is 12.0.